The van der Waals surface area contributed by atoms with Gasteiger partial charge in [0.25, 0.3) is 5.91 Å². The average Bonchev–Trinajstić information content (AvgIpc) is 3.41. The van der Waals surface area contributed by atoms with Crippen LogP contribution in [0.3, 0.4) is 0 Å². The molecule has 12 heteroatoms. The quantitative estimate of drug-likeness (QED) is 0.695. The van der Waals surface area contributed by atoms with Gasteiger partial charge in [0.15, 0.2) is 5.60 Å². The summed E-state index contributed by atoms with van der Waals surface area (Å²) < 4.78 is 40.9. The largest absolute Gasteiger partial charge is 0.433 e. The maximum absolute atomic E-state index is 13.0. The van der Waals surface area contributed by atoms with Crippen LogP contribution in [0.5, 0.6) is 0 Å². The van der Waals surface area contributed by atoms with Gasteiger partial charge in [0, 0.05) is 44.5 Å². The summed E-state index contributed by atoms with van der Waals surface area (Å²) >= 11 is 0. The number of imidazole rings is 1. The molecule has 0 bridgehead atoms. The molecule has 1 atom stereocenters. The van der Waals surface area contributed by atoms with E-state index in [9.17, 15) is 18.0 Å². The molecule has 0 aliphatic carbocycles. The van der Waals surface area contributed by atoms with Crippen molar-refractivity contribution in [2.24, 2.45) is 5.16 Å². The lowest BCUT2D eigenvalue weighted by Gasteiger charge is -2.38. The van der Waals surface area contributed by atoms with Crippen LogP contribution < -0.4 is 10.2 Å². The third-order valence-electron chi connectivity index (χ3n) is 5.35. The minimum atomic E-state index is -4.54. The van der Waals surface area contributed by atoms with Crippen LogP contribution in [0.25, 0.3) is 0 Å². The lowest BCUT2D eigenvalue weighted by atomic mass is 9.88. The molecule has 9 nitrogen and oxygen atoms in total. The van der Waals surface area contributed by atoms with Gasteiger partial charge in [-0.05, 0) is 19.3 Å². The predicted molar refractivity (Wildman–Crippen MR) is 104 cm³/mol. The van der Waals surface area contributed by atoms with Gasteiger partial charge in [-0.3, -0.25) is 4.79 Å². The van der Waals surface area contributed by atoms with E-state index in [4.69, 9.17) is 4.84 Å². The molecule has 1 unspecified atom stereocenters. The number of nitrogens with one attached hydrogen (secondary N) is 1. The Bertz CT molecular complexity index is 948. The van der Waals surface area contributed by atoms with Crippen molar-refractivity contribution in [3.05, 3.63) is 36.8 Å². The van der Waals surface area contributed by atoms with Crippen molar-refractivity contribution in [2.75, 3.05) is 24.5 Å². The molecule has 4 heterocycles. The molecule has 166 valence electrons. The molecule has 1 spiro atoms. The molecule has 0 radical (unpaired) electrons. The van der Waals surface area contributed by atoms with Crippen molar-refractivity contribution in [3.63, 3.8) is 0 Å². The molecule has 1 fully saturated rings. The first-order valence-electron chi connectivity index (χ1n) is 9.98. The highest BCUT2D eigenvalue weighted by molar-refractivity contribution is 6.39. The maximum atomic E-state index is 13.0. The van der Waals surface area contributed by atoms with Gasteiger partial charge < -0.3 is 19.6 Å². The number of oxime groups is 1. The number of aromatic nitrogens is 4. The molecule has 2 aliphatic rings. The molecular weight excluding hydrogens is 415 g/mol. The number of hydrogen-bond donors (Lipinski definition) is 1. The zero-order valence-electron chi connectivity index (χ0n) is 16.7. The molecule has 1 N–H and O–H groups in total. The van der Waals surface area contributed by atoms with E-state index >= 15 is 0 Å². The second-order valence-electron chi connectivity index (χ2n) is 7.68. The molecule has 2 aromatic heterocycles. The van der Waals surface area contributed by atoms with E-state index in [-0.39, 0.29) is 11.7 Å². The van der Waals surface area contributed by atoms with Gasteiger partial charge in [-0.1, -0.05) is 5.16 Å². The third-order valence-corrected chi connectivity index (χ3v) is 5.35. The minimum Gasteiger partial charge on any atom is -0.386 e. The zero-order chi connectivity index (χ0) is 21.9. The first-order chi connectivity index (χ1) is 14.8. The van der Waals surface area contributed by atoms with Crippen molar-refractivity contribution in [1.29, 1.82) is 0 Å². The summed E-state index contributed by atoms with van der Waals surface area (Å²) in [6, 6.07) is 0.933. The van der Waals surface area contributed by atoms with Crippen molar-refractivity contribution >= 4 is 17.4 Å². The number of aryl methyl sites for hydroxylation is 1. The highest BCUT2D eigenvalue weighted by Gasteiger charge is 2.45. The van der Waals surface area contributed by atoms with Crippen molar-refractivity contribution < 1.29 is 22.8 Å². The van der Waals surface area contributed by atoms with Crippen LogP contribution >= 0.6 is 0 Å². The molecule has 1 amide bonds. The molecular formula is C19H22F3N7O2. The summed E-state index contributed by atoms with van der Waals surface area (Å²) in [6.45, 7) is 2.05. The Balaban J connectivity index is 1.32. The van der Waals surface area contributed by atoms with Gasteiger partial charge in [-0.25, -0.2) is 15.0 Å². The highest BCUT2D eigenvalue weighted by atomic mass is 19.4. The highest BCUT2D eigenvalue weighted by Crippen LogP contribution is 2.36. The van der Waals surface area contributed by atoms with Crippen molar-refractivity contribution in [1.82, 2.24) is 24.8 Å². The number of nitrogens with zero attached hydrogens (tertiary/aromatic N) is 6. The molecule has 2 aromatic rings. The molecule has 2 aliphatic heterocycles. The first kappa shape index (κ1) is 21.1. The number of anilines is 1. The second kappa shape index (κ2) is 8.52. The number of carbonyl (C=O) groups excluding carboxylic acids is 1. The summed E-state index contributed by atoms with van der Waals surface area (Å²) in [4.78, 5) is 31.1. The number of piperidine rings is 1. The van der Waals surface area contributed by atoms with E-state index in [0.29, 0.717) is 44.6 Å². The number of hydrogen-bond acceptors (Lipinski definition) is 7. The molecule has 0 saturated carbocycles. The van der Waals surface area contributed by atoms with Crippen LogP contribution in [0.2, 0.25) is 0 Å². The summed E-state index contributed by atoms with van der Waals surface area (Å²) in [7, 11) is 0. The number of halogens is 3. The second-order valence-corrected chi connectivity index (χ2v) is 7.68. The van der Waals surface area contributed by atoms with E-state index in [0.717, 1.165) is 25.4 Å². The Kier molecular flexibility index (Phi) is 5.79. The number of rotatable bonds is 6. The Hall–Kier alpha value is -3.18. The summed E-state index contributed by atoms with van der Waals surface area (Å²) in [5, 5.41) is 6.81. The summed E-state index contributed by atoms with van der Waals surface area (Å²) in [6.07, 6.45) is 4.01. The maximum Gasteiger partial charge on any atom is 0.433 e. The van der Waals surface area contributed by atoms with Gasteiger partial charge in [0.1, 0.15) is 23.6 Å². The normalized spacial score (nSPS) is 21.1. The summed E-state index contributed by atoms with van der Waals surface area (Å²) in [5.41, 5.74) is -1.44. The van der Waals surface area contributed by atoms with Crippen LogP contribution in [-0.4, -0.2) is 56.4 Å². The SMILES string of the molecule is O=C(NCCCn1ccnc1)C1=NOC2(CCCN(c3cc(C(F)(F)F)ncn3)C2)C1. The number of alkyl halides is 3. The molecule has 1 saturated heterocycles. The van der Waals surface area contributed by atoms with Crippen LogP contribution in [0.1, 0.15) is 31.4 Å². The van der Waals surface area contributed by atoms with Gasteiger partial charge >= 0.3 is 6.18 Å². The van der Waals surface area contributed by atoms with E-state index in [1.54, 1.807) is 17.4 Å². The fourth-order valence-electron chi connectivity index (χ4n) is 3.82. The predicted octanol–water partition coefficient (Wildman–Crippen LogP) is 2.01. The van der Waals surface area contributed by atoms with Crippen LogP contribution in [0.15, 0.2) is 36.3 Å². The fourth-order valence-corrected chi connectivity index (χ4v) is 3.82. The van der Waals surface area contributed by atoms with Crippen molar-refractivity contribution in [3.8, 4) is 0 Å². The summed E-state index contributed by atoms with van der Waals surface area (Å²) in [5.74, 6) is -0.108. The minimum absolute atomic E-state index is 0.183. The smallest absolute Gasteiger partial charge is 0.386 e. The molecule has 0 aromatic carbocycles. The van der Waals surface area contributed by atoms with Crippen LogP contribution in [0.4, 0.5) is 19.0 Å². The van der Waals surface area contributed by atoms with Gasteiger partial charge in [0.2, 0.25) is 0 Å². The van der Waals surface area contributed by atoms with Crippen LogP contribution in [0, 0.1) is 0 Å². The van der Waals surface area contributed by atoms with E-state index in [1.165, 1.54) is 0 Å². The topological polar surface area (TPSA) is 97.5 Å². The van der Waals surface area contributed by atoms with E-state index in [1.807, 2.05) is 10.8 Å². The van der Waals surface area contributed by atoms with Gasteiger partial charge in [0.05, 0.1) is 12.9 Å². The van der Waals surface area contributed by atoms with E-state index in [2.05, 4.69) is 25.4 Å². The first-order valence-corrected chi connectivity index (χ1v) is 9.98. The number of carbonyl (C=O) groups is 1. The van der Waals surface area contributed by atoms with E-state index < -0.39 is 17.5 Å². The average molecular weight is 437 g/mol. The zero-order valence-corrected chi connectivity index (χ0v) is 16.7. The Labute approximate surface area is 176 Å². The Morgan fingerprint density at radius 3 is 2.97 bits per heavy atom. The van der Waals surface area contributed by atoms with Gasteiger partial charge in [-0.2, -0.15) is 13.2 Å². The van der Waals surface area contributed by atoms with Crippen LogP contribution in [-0.2, 0) is 22.4 Å². The standard InChI is InChI=1S/C19H22F3N7O2/c20-19(21,22)15-9-16(26-12-25-15)29-7-1-3-18(11-29)10-14(27-31-18)17(30)24-4-2-6-28-8-5-23-13-28/h5,8-9,12-13H,1-4,6-7,10-11H2,(H,24,30). The number of amides is 1. The third kappa shape index (κ3) is 4.94. The fraction of sp³-hybridized carbons (Fsp3) is 0.526. The monoisotopic (exact) mass is 437 g/mol. The Morgan fingerprint density at radius 1 is 1.32 bits per heavy atom. The molecule has 4 rings (SSSR count). The lowest BCUT2D eigenvalue weighted by Crippen LogP contribution is -2.49. The van der Waals surface area contributed by atoms with Crippen molar-refractivity contribution in [2.45, 2.75) is 44.0 Å². The Morgan fingerprint density at radius 2 is 2.19 bits per heavy atom. The molecule has 31 heavy (non-hydrogen) atoms. The lowest BCUT2D eigenvalue weighted by molar-refractivity contribution is -0.141. The van der Waals surface area contributed by atoms with Gasteiger partial charge in [-0.15, -0.1) is 0 Å².